The van der Waals surface area contributed by atoms with Gasteiger partial charge in [0.25, 0.3) is 0 Å². The van der Waals surface area contributed by atoms with E-state index in [-0.39, 0.29) is 5.91 Å². The van der Waals surface area contributed by atoms with Gasteiger partial charge in [0.2, 0.25) is 5.91 Å². The first-order chi connectivity index (χ1) is 12.6. The normalized spacial score (nSPS) is 10.6. The molecule has 2 aromatic rings. The Balaban J connectivity index is 2.05. The number of rotatable bonds is 8. The summed E-state index contributed by atoms with van der Waals surface area (Å²) in [5, 5.41) is 2.86. The van der Waals surface area contributed by atoms with Gasteiger partial charge >= 0.3 is 0 Å². The van der Waals surface area contributed by atoms with Crippen LogP contribution < -0.4 is 19.7 Å². The number of anilines is 2. The molecule has 0 aromatic heterocycles. The summed E-state index contributed by atoms with van der Waals surface area (Å²) in [6.45, 7) is 6.15. The van der Waals surface area contributed by atoms with Gasteiger partial charge in [0, 0.05) is 36.1 Å². The smallest absolute Gasteiger partial charge is 0.248 e. The van der Waals surface area contributed by atoms with E-state index in [0.29, 0.717) is 11.5 Å². The molecule has 5 heteroatoms. The van der Waals surface area contributed by atoms with Gasteiger partial charge in [0.1, 0.15) is 11.5 Å². The quantitative estimate of drug-likeness (QED) is 0.722. The summed E-state index contributed by atoms with van der Waals surface area (Å²) in [6, 6.07) is 13.3. The van der Waals surface area contributed by atoms with E-state index in [1.165, 1.54) is 6.08 Å². The van der Waals surface area contributed by atoms with E-state index in [1.807, 2.05) is 42.5 Å². The van der Waals surface area contributed by atoms with Crippen molar-refractivity contribution in [1.29, 1.82) is 0 Å². The Hall–Kier alpha value is -2.95. The zero-order valence-corrected chi connectivity index (χ0v) is 15.8. The summed E-state index contributed by atoms with van der Waals surface area (Å²) in [6.07, 6.45) is 3.19. The number of nitrogens with one attached hydrogen (secondary N) is 1. The second kappa shape index (κ2) is 9.51. The van der Waals surface area contributed by atoms with Gasteiger partial charge in [0.15, 0.2) is 0 Å². The summed E-state index contributed by atoms with van der Waals surface area (Å²) in [7, 11) is 3.19. The van der Waals surface area contributed by atoms with Crippen LogP contribution in [0.3, 0.4) is 0 Å². The zero-order valence-electron chi connectivity index (χ0n) is 15.8. The minimum absolute atomic E-state index is 0.203. The molecule has 138 valence electrons. The predicted octanol–water partition coefficient (Wildman–Crippen LogP) is 4.20. The number of benzene rings is 2. The molecule has 0 atom stereocenters. The molecule has 0 spiro atoms. The van der Waals surface area contributed by atoms with Crippen LogP contribution >= 0.6 is 0 Å². The molecule has 0 aliphatic heterocycles. The van der Waals surface area contributed by atoms with Crippen LogP contribution in [0.2, 0.25) is 0 Å². The summed E-state index contributed by atoms with van der Waals surface area (Å²) in [5.74, 6) is 1.18. The lowest BCUT2D eigenvalue weighted by molar-refractivity contribution is -0.111. The summed E-state index contributed by atoms with van der Waals surface area (Å²) >= 11 is 0. The summed E-state index contributed by atoms with van der Waals surface area (Å²) in [5.41, 5.74) is 2.68. The van der Waals surface area contributed by atoms with Crippen LogP contribution in [0.15, 0.2) is 48.5 Å². The van der Waals surface area contributed by atoms with Crippen molar-refractivity contribution < 1.29 is 14.3 Å². The molecule has 0 aliphatic carbocycles. The van der Waals surface area contributed by atoms with Gasteiger partial charge in [-0.15, -0.1) is 0 Å². The van der Waals surface area contributed by atoms with Crippen molar-refractivity contribution in [2.75, 3.05) is 37.5 Å². The van der Waals surface area contributed by atoms with Gasteiger partial charge in [-0.1, -0.05) is 0 Å². The predicted molar refractivity (Wildman–Crippen MR) is 107 cm³/mol. The molecule has 0 unspecified atom stereocenters. The van der Waals surface area contributed by atoms with Crippen molar-refractivity contribution in [3.63, 3.8) is 0 Å². The van der Waals surface area contributed by atoms with Crippen LogP contribution in [0.4, 0.5) is 11.4 Å². The Labute approximate surface area is 155 Å². The maximum Gasteiger partial charge on any atom is 0.248 e. The maximum absolute atomic E-state index is 12.2. The summed E-state index contributed by atoms with van der Waals surface area (Å²) < 4.78 is 10.5. The number of methoxy groups -OCH3 is 2. The molecule has 1 amide bonds. The third kappa shape index (κ3) is 5.02. The number of amides is 1. The zero-order chi connectivity index (χ0) is 18.9. The Morgan fingerprint density at radius 1 is 1.04 bits per heavy atom. The standard InChI is InChI=1S/C21H26N2O3/c1-5-23(6-2)18-10-8-17(9-11-18)22-21(24)14-7-16-15-19(25-3)12-13-20(16)26-4/h7-15H,5-6H2,1-4H3,(H,22,24). The van der Waals surface area contributed by atoms with E-state index in [0.717, 1.165) is 30.0 Å². The lowest BCUT2D eigenvalue weighted by atomic mass is 10.1. The molecule has 0 fully saturated rings. The first-order valence-corrected chi connectivity index (χ1v) is 8.67. The lowest BCUT2D eigenvalue weighted by Gasteiger charge is -2.21. The minimum Gasteiger partial charge on any atom is -0.497 e. The first kappa shape index (κ1) is 19.4. The number of carbonyl (C=O) groups is 1. The fourth-order valence-corrected chi connectivity index (χ4v) is 2.66. The molecular weight excluding hydrogens is 328 g/mol. The molecule has 1 N–H and O–H groups in total. The van der Waals surface area contributed by atoms with Crippen LogP contribution in [0, 0.1) is 0 Å². The third-order valence-electron chi connectivity index (χ3n) is 4.11. The Morgan fingerprint density at radius 3 is 2.31 bits per heavy atom. The number of carbonyl (C=O) groups excluding carboxylic acids is 1. The van der Waals surface area contributed by atoms with Gasteiger partial charge in [-0.05, 0) is 62.4 Å². The Bertz CT molecular complexity index is 750. The fraction of sp³-hybridized carbons (Fsp3) is 0.286. The number of ether oxygens (including phenoxy) is 2. The van der Waals surface area contributed by atoms with E-state index >= 15 is 0 Å². The maximum atomic E-state index is 12.2. The highest BCUT2D eigenvalue weighted by Crippen LogP contribution is 2.25. The van der Waals surface area contributed by atoms with Gasteiger partial charge in [-0.25, -0.2) is 0 Å². The lowest BCUT2D eigenvalue weighted by Crippen LogP contribution is -2.21. The van der Waals surface area contributed by atoms with Crippen molar-refractivity contribution in [1.82, 2.24) is 0 Å². The van der Waals surface area contributed by atoms with E-state index in [1.54, 1.807) is 20.3 Å². The highest BCUT2D eigenvalue weighted by Gasteiger charge is 2.05. The van der Waals surface area contributed by atoms with Crippen LogP contribution in [-0.4, -0.2) is 33.2 Å². The molecule has 2 rings (SSSR count). The largest absolute Gasteiger partial charge is 0.497 e. The van der Waals surface area contributed by atoms with Gasteiger partial charge < -0.3 is 19.7 Å². The number of hydrogen-bond donors (Lipinski definition) is 1. The van der Waals surface area contributed by atoms with Gasteiger partial charge in [0.05, 0.1) is 14.2 Å². The number of nitrogens with zero attached hydrogens (tertiary/aromatic N) is 1. The van der Waals surface area contributed by atoms with E-state index in [4.69, 9.17) is 9.47 Å². The van der Waals surface area contributed by atoms with Crippen LogP contribution in [-0.2, 0) is 4.79 Å². The highest BCUT2D eigenvalue weighted by molar-refractivity contribution is 6.02. The van der Waals surface area contributed by atoms with Crippen LogP contribution in [0.1, 0.15) is 19.4 Å². The Kier molecular flexibility index (Phi) is 7.09. The molecule has 2 aromatic carbocycles. The molecule has 0 bridgehead atoms. The average molecular weight is 354 g/mol. The first-order valence-electron chi connectivity index (χ1n) is 8.67. The van der Waals surface area contributed by atoms with Crippen molar-refractivity contribution in [2.24, 2.45) is 0 Å². The number of hydrogen-bond acceptors (Lipinski definition) is 4. The Morgan fingerprint density at radius 2 is 1.73 bits per heavy atom. The van der Waals surface area contributed by atoms with Crippen LogP contribution in [0.5, 0.6) is 11.5 Å². The molecule has 0 saturated carbocycles. The highest BCUT2D eigenvalue weighted by atomic mass is 16.5. The van der Waals surface area contributed by atoms with Crippen LogP contribution in [0.25, 0.3) is 6.08 Å². The van der Waals surface area contributed by atoms with Crippen molar-refractivity contribution in [3.8, 4) is 11.5 Å². The van der Waals surface area contributed by atoms with E-state index in [2.05, 4.69) is 24.1 Å². The molecule has 0 radical (unpaired) electrons. The molecule has 0 heterocycles. The molecule has 5 nitrogen and oxygen atoms in total. The van der Waals surface area contributed by atoms with E-state index in [9.17, 15) is 4.79 Å². The van der Waals surface area contributed by atoms with Crippen molar-refractivity contribution >= 4 is 23.4 Å². The minimum atomic E-state index is -0.203. The molecule has 0 saturated heterocycles. The average Bonchev–Trinajstić information content (AvgIpc) is 2.68. The monoisotopic (exact) mass is 354 g/mol. The molecular formula is C21H26N2O3. The second-order valence-electron chi connectivity index (χ2n) is 5.65. The van der Waals surface area contributed by atoms with E-state index < -0.39 is 0 Å². The van der Waals surface area contributed by atoms with Gasteiger partial charge in [-0.2, -0.15) is 0 Å². The SMILES string of the molecule is CCN(CC)c1ccc(NC(=O)C=Cc2cc(OC)ccc2OC)cc1. The summed E-state index contributed by atoms with van der Waals surface area (Å²) in [4.78, 5) is 14.4. The second-order valence-corrected chi connectivity index (χ2v) is 5.65. The van der Waals surface area contributed by atoms with Crippen molar-refractivity contribution in [3.05, 3.63) is 54.1 Å². The van der Waals surface area contributed by atoms with Gasteiger partial charge in [-0.3, -0.25) is 4.79 Å². The van der Waals surface area contributed by atoms with Crippen molar-refractivity contribution in [2.45, 2.75) is 13.8 Å². The topological polar surface area (TPSA) is 50.8 Å². The fourth-order valence-electron chi connectivity index (χ4n) is 2.66. The molecule has 0 aliphatic rings. The molecule has 26 heavy (non-hydrogen) atoms. The third-order valence-corrected chi connectivity index (χ3v) is 4.11.